The molecule has 39 heavy (non-hydrogen) atoms. The second-order valence-corrected chi connectivity index (χ2v) is 12.3. The first-order valence-corrected chi connectivity index (χ1v) is 14.8. The van der Waals surface area contributed by atoms with Crippen LogP contribution in [0, 0.1) is 0 Å². The fourth-order valence-corrected chi connectivity index (χ4v) is 6.79. The Kier molecular flexibility index (Phi) is 7.46. The van der Waals surface area contributed by atoms with E-state index in [1.165, 1.54) is 33.9 Å². The van der Waals surface area contributed by atoms with Gasteiger partial charge in [-0.2, -0.15) is 0 Å². The van der Waals surface area contributed by atoms with Crippen molar-refractivity contribution in [2.45, 2.75) is 84.5 Å². The summed E-state index contributed by atoms with van der Waals surface area (Å²) >= 11 is 0. The van der Waals surface area contributed by atoms with Crippen molar-refractivity contribution in [3.8, 4) is 0 Å². The van der Waals surface area contributed by atoms with E-state index in [-0.39, 0.29) is 16.6 Å². The fraction of sp³-hybridized carbons (Fsp3) is 0.417. The Balaban J connectivity index is 1.46. The molecule has 2 heterocycles. The lowest BCUT2D eigenvalue weighted by Crippen LogP contribution is -2.27. The van der Waals surface area contributed by atoms with E-state index in [1.54, 1.807) is 0 Å². The number of Topliss-reactive ketones (excluding diaryl/α,β-unsaturated/α-hetero) is 1. The van der Waals surface area contributed by atoms with Gasteiger partial charge in [0.1, 0.15) is 0 Å². The topological polar surface area (TPSA) is 23.6 Å². The average molecular weight is 521 g/mol. The van der Waals surface area contributed by atoms with Crippen molar-refractivity contribution in [2.75, 3.05) is 22.9 Å². The standard InChI is InChI=1S/C36H44N2O/c1-7-24-37-30-18-11-9-16-28(30)35(3,4)32(37)22-20-26-14-13-15-27(34(26)39)21-23-33-36(5,6)29-17-10-12-19-31(29)38(33)25-8-2/h9-12,16-23H,7-8,13-15,24-25H2,1-6H3/b26-20-,27-21+,32-22+,33-23-. The number of rotatable bonds is 6. The Morgan fingerprint density at radius 1 is 0.667 bits per heavy atom. The van der Waals surface area contributed by atoms with E-state index < -0.39 is 0 Å². The van der Waals surface area contributed by atoms with Crippen LogP contribution in [0.3, 0.4) is 0 Å². The van der Waals surface area contributed by atoms with Crippen LogP contribution in [0.5, 0.6) is 0 Å². The molecule has 0 saturated heterocycles. The number of carbonyl (C=O) groups excluding carboxylic acids is 1. The van der Waals surface area contributed by atoms with E-state index in [0.717, 1.165) is 56.3 Å². The van der Waals surface area contributed by atoms with Crippen LogP contribution < -0.4 is 9.80 Å². The molecule has 2 aromatic rings. The van der Waals surface area contributed by atoms with E-state index in [1.807, 2.05) is 0 Å². The summed E-state index contributed by atoms with van der Waals surface area (Å²) in [5.74, 6) is 0.209. The van der Waals surface area contributed by atoms with Crippen LogP contribution in [0.25, 0.3) is 0 Å². The molecule has 204 valence electrons. The zero-order valence-corrected chi connectivity index (χ0v) is 24.7. The summed E-state index contributed by atoms with van der Waals surface area (Å²) in [6.45, 7) is 15.6. The fourth-order valence-electron chi connectivity index (χ4n) is 6.79. The molecule has 0 bridgehead atoms. The molecule has 0 spiro atoms. The lowest BCUT2D eigenvalue weighted by atomic mass is 9.82. The quantitative estimate of drug-likeness (QED) is 0.356. The molecule has 0 aromatic heterocycles. The van der Waals surface area contributed by atoms with Gasteiger partial charge in [-0.25, -0.2) is 0 Å². The summed E-state index contributed by atoms with van der Waals surface area (Å²) < 4.78 is 0. The minimum atomic E-state index is -0.0879. The van der Waals surface area contributed by atoms with Crippen LogP contribution in [0.2, 0.25) is 0 Å². The molecule has 0 N–H and O–H groups in total. The van der Waals surface area contributed by atoms with Gasteiger partial charge >= 0.3 is 0 Å². The third-order valence-corrected chi connectivity index (χ3v) is 8.85. The lowest BCUT2D eigenvalue weighted by Gasteiger charge is -2.27. The third-order valence-electron chi connectivity index (χ3n) is 8.85. The van der Waals surface area contributed by atoms with Gasteiger partial charge in [0.05, 0.1) is 0 Å². The first-order valence-electron chi connectivity index (χ1n) is 14.8. The summed E-state index contributed by atoms with van der Waals surface area (Å²) in [6.07, 6.45) is 13.5. The number of benzene rings is 2. The molecule has 3 nitrogen and oxygen atoms in total. The smallest absolute Gasteiger partial charge is 0.184 e. The van der Waals surface area contributed by atoms with Gasteiger partial charge in [-0.3, -0.25) is 4.79 Å². The Morgan fingerprint density at radius 3 is 1.49 bits per heavy atom. The molecular weight excluding hydrogens is 476 g/mol. The summed E-state index contributed by atoms with van der Waals surface area (Å²) in [6, 6.07) is 17.5. The summed E-state index contributed by atoms with van der Waals surface area (Å²) in [4.78, 5) is 18.6. The first kappa shape index (κ1) is 27.2. The van der Waals surface area contributed by atoms with Crippen LogP contribution >= 0.6 is 0 Å². The molecule has 2 aromatic carbocycles. The monoisotopic (exact) mass is 520 g/mol. The lowest BCUT2D eigenvalue weighted by molar-refractivity contribution is -0.113. The minimum Gasteiger partial charge on any atom is -0.344 e. The molecule has 3 heteroatoms. The van der Waals surface area contributed by atoms with Gasteiger partial charge in [-0.15, -0.1) is 0 Å². The van der Waals surface area contributed by atoms with Gasteiger partial charge in [0, 0.05) is 46.7 Å². The normalized spacial score (nSPS) is 23.8. The SMILES string of the molecule is CCCN1/C(=C\C=C2/CCC/C(=C/C=C3/N(CCC)c4ccccc4C3(C)C)C2=O)C(C)(C)c2ccccc21. The third kappa shape index (κ3) is 4.71. The second-order valence-electron chi connectivity index (χ2n) is 12.3. The number of allylic oxidation sites excluding steroid dienone is 8. The number of hydrogen-bond acceptors (Lipinski definition) is 3. The van der Waals surface area contributed by atoms with Gasteiger partial charge in [0.25, 0.3) is 0 Å². The highest BCUT2D eigenvalue weighted by Crippen LogP contribution is 2.49. The molecule has 0 amide bonds. The molecule has 1 saturated carbocycles. The second kappa shape index (κ2) is 10.7. The van der Waals surface area contributed by atoms with Crippen LogP contribution in [0.1, 0.15) is 84.8 Å². The molecule has 2 aliphatic heterocycles. The number of fused-ring (bicyclic) bond motifs is 2. The van der Waals surface area contributed by atoms with E-state index in [9.17, 15) is 4.79 Å². The van der Waals surface area contributed by atoms with Gasteiger partial charge in [0.15, 0.2) is 5.78 Å². The van der Waals surface area contributed by atoms with Crippen molar-refractivity contribution in [3.63, 3.8) is 0 Å². The van der Waals surface area contributed by atoms with Crippen molar-refractivity contribution in [3.05, 3.63) is 107 Å². The van der Waals surface area contributed by atoms with Crippen LogP contribution in [-0.2, 0) is 15.6 Å². The Bertz CT molecular complexity index is 1280. The van der Waals surface area contributed by atoms with Crippen molar-refractivity contribution >= 4 is 17.2 Å². The van der Waals surface area contributed by atoms with Crippen molar-refractivity contribution < 1.29 is 4.79 Å². The maximum absolute atomic E-state index is 13.7. The number of carbonyl (C=O) groups is 1. The highest BCUT2D eigenvalue weighted by Gasteiger charge is 2.40. The minimum absolute atomic E-state index is 0.0879. The van der Waals surface area contributed by atoms with Crippen LogP contribution in [0.15, 0.2) is 95.4 Å². The van der Waals surface area contributed by atoms with Crippen LogP contribution in [0.4, 0.5) is 11.4 Å². The molecule has 3 aliphatic rings. The molecule has 5 rings (SSSR count). The number of anilines is 2. The number of para-hydroxylation sites is 2. The van der Waals surface area contributed by atoms with E-state index in [2.05, 4.69) is 124 Å². The highest BCUT2D eigenvalue weighted by atomic mass is 16.1. The molecule has 0 atom stereocenters. The van der Waals surface area contributed by atoms with Gasteiger partial charge in [-0.05, 0) is 78.7 Å². The number of nitrogens with zero attached hydrogens (tertiary/aromatic N) is 2. The Hall–Kier alpha value is -3.33. The highest BCUT2D eigenvalue weighted by molar-refractivity contribution is 6.09. The average Bonchev–Trinajstić information content (AvgIpc) is 3.27. The maximum Gasteiger partial charge on any atom is 0.184 e. The largest absolute Gasteiger partial charge is 0.344 e. The molecule has 1 aliphatic carbocycles. The maximum atomic E-state index is 13.7. The zero-order chi connectivity index (χ0) is 27.8. The molecule has 0 unspecified atom stereocenters. The molecule has 0 radical (unpaired) electrons. The summed E-state index contributed by atoms with van der Waals surface area (Å²) in [5, 5.41) is 0. The summed E-state index contributed by atoms with van der Waals surface area (Å²) in [5.41, 5.74) is 9.58. The number of hydrogen-bond donors (Lipinski definition) is 0. The molecule has 1 fully saturated rings. The van der Waals surface area contributed by atoms with Gasteiger partial charge in [-0.1, -0.05) is 90.1 Å². The van der Waals surface area contributed by atoms with Crippen molar-refractivity contribution in [2.24, 2.45) is 0 Å². The Labute approximate surface area is 235 Å². The van der Waals surface area contributed by atoms with Crippen molar-refractivity contribution in [1.29, 1.82) is 0 Å². The van der Waals surface area contributed by atoms with Gasteiger partial charge < -0.3 is 9.80 Å². The molecular formula is C36H44N2O. The Morgan fingerprint density at radius 2 is 1.08 bits per heavy atom. The predicted octanol–water partition coefficient (Wildman–Crippen LogP) is 8.78. The first-order chi connectivity index (χ1) is 18.7. The van der Waals surface area contributed by atoms with Gasteiger partial charge in [0.2, 0.25) is 0 Å². The van der Waals surface area contributed by atoms with E-state index in [0.29, 0.717) is 0 Å². The number of ketones is 1. The van der Waals surface area contributed by atoms with E-state index in [4.69, 9.17) is 0 Å². The van der Waals surface area contributed by atoms with Crippen LogP contribution in [-0.4, -0.2) is 18.9 Å². The summed E-state index contributed by atoms with van der Waals surface area (Å²) in [7, 11) is 0. The zero-order valence-electron chi connectivity index (χ0n) is 24.7. The van der Waals surface area contributed by atoms with E-state index >= 15 is 0 Å². The predicted molar refractivity (Wildman–Crippen MR) is 165 cm³/mol. The van der Waals surface area contributed by atoms with Crippen molar-refractivity contribution in [1.82, 2.24) is 0 Å².